The third kappa shape index (κ3) is 3.86. The summed E-state index contributed by atoms with van der Waals surface area (Å²) in [6.45, 7) is 1.87. The summed E-state index contributed by atoms with van der Waals surface area (Å²) in [4.78, 5) is 23.9. The van der Waals surface area contributed by atoms with Crippen LogP contribution in [0, 0.1) is 0 Å². The van der Waals surface area contributed by atoms with Crippen LogP contribution >= 0.6 is 0 Å². The van der Waals surface area contributed by atoms with E-state index >= 15 is 0 Å². The van der Waals surface area contributed by atoms with E-state index in [0.717, 1.165) is 12.1 Å². The molecule has 0 saturated carbocycles. The first kappa shape index (κ1) is 16.9. The summed E-state index contributed by atoms with van der Waals surface area (Å²) < 4.78 is 4.91. The minimum atomic E-state index is -0.712. The number of ether oxygens (including phenoxy) is 1. The van der Waals surface area contributed by atoms with Crippen molar-refractivity contribution in [3.05, 3.63) is 42.0 Å². The number of nitrogens with one attached hydrogen (secondary N) is 2. The molecule has 0 saturated heterocycles. The van der Waals surface area contributed by atoms with Crippen molar-refractivity contribution in [1.29, 1.82) is 0 Å². The van der Waals surface area contributed by atoms with Crippen molar-refractivity contribution in [2.45, 2.75) is 6.92 Å². The zero-order valence-electron chi connectivity index (χ0n) is 12.7. The lowest BCUT2D eigenvalue weighted by Crippen LogP contribution is -2.21. The first-order valence-corrected chi connectivity index (χ1v) is 7.01. The zero-order valence-corrected chi connectivity index (χ0v) is 12.7. The quantitative estimate of drug-likeness (QED) is 0.333. The van der Waals surface area contributed by atoms with E-state index in [9.17, 15) is 24.9 Å². The van der Waals surface area contributed by atoms with Crippen molar-refractivity contribution >= 4 is 23.4 Å². The Kier molecular flexibility index (Phi) is 5.10. The molecule has 2 aromatic rings. The molecule has 8 nitrogen and oxygen atoms in total. The van der Waals surface area contributed by atoms with E-state index in [4.69, 9.17) is 4.74 Å². The first-order valence-electron chi connectivity index (χ1n) is 7.01. The molecule has 0 aliphatic rings. The number of carbonyl (C=O) groups is 2. The van der Waals surface area contributed by atoms with E-state index in [1.54, 1.807) is 19.1 Å². The molecule has 0 heterocycles. The van der Waals surface area contributed by atoms with Crippen LogP contribution in [-0.4, -0.2) is 33.9 Å². The Morgan fingerprint density at radius 1 is 1.04 bits per heavy atom. The predicted octanol–water partition coefficient (Wildman–Crippen LogP) is 2.62. The van der Waals surface area contributed by atoms with Gasteiger partial charge in [0.05, 0.1) is 23.5 Å². The van der Waals surface area contributed by atoms with Gasteiger partial charge in [0, 0.05) is 12.1 Å². The number of aromatic hydroxyl groups is 3. The average molecular weight is 332 g/mol. The number of anilines is 2. The first-order chi connectivity index (χ1) is 11.4. The molecule has 24 heavy (non-hydrogen) atoms. The smallest absolute Gasteiger partial charge is 0.340 e. The largest absolute Gasteiger partial charge is 0.504 e. The highest BCUT2D eigenvalue weighted by atomic mass is 16.5. The van der Waals surface area contributed by atoms with Crippen molar-refractivity contribution in [3.8, 4) is 17.2 Å². The van der Waals surface area contributed by atoms with Gasteiger partial charge in [0.1, 0.15) is 0 Å². The Balaban J connectivity index is 2.15. The third-order valence-corrected chi connectivity index (χ3v) is 3.00. The lowest BCUT2D eigenvalue weighted by Gasteiger charge is -2.12. The van der Waals surface area contributed by atoms with Crippen molar-refractivity contribution in [2.24, 2.45) is 0 Å². The minimum Gasteiger partial charge on any atom is -0.504 e. The molecule has 0 unspecified atom stereocenters. The molecule has 2 amide bonds. The maximum atomic E-state index is 12.0. The molecule has 0 atom stereocenters. The van der Waals surface area contributed by atoms with Gasteiger partial charge in [0.15, 0.2) is 17.2 Å². The van der Waals surface area contributed by atoms with E-state index in [1.807, 2.05) is 0 Å². The molecule has 2 aromatic carbocycles. The Labute approximate surface area is 137 Å². The van der Waals surface area contributed by atoms with E-state index in [0.29, 0.717) is 0 Å². The molecule has 0 radical (unpaired) electrons. The number of rotatable bonds is 4. The summed E-state index contributed by atoms with van der Waals surface area (Å²) in [7, 11) is 0. The van der Waals surface area contributed by atoms with Gasteiger partial charge in [-0.15, -0.1) is 0 Å². The molecule has 0 bridgehead atoms. The molecule has 8 heteroatoms. The summed E-state index contributed by atoms with van der Waals surface area (Å²) in [5.74, 6) is -2.43. The number of urea groups is 1. The molecule has 126 valence electrons. The van der Waals surface area contributed by atoms with E-state index in [-0.39, 0.29) is 23.5 Å². The highest BCUT2D eigenvalue weighted by molar-refractivity contribution is 6.05. The van der Waals surface area contributed by atoms with Gasteiger partial charge in [-0.2, -0.15) is 0 Å². The van der Waals surface area contributed by atoms with Gasteiger partial charge in [0.25, 0.3) is 0 Å². The molecule has 0 aromatic heterocycles. The van der Waals surface area contributed by atoms with Crippen LogP contribution < -0.4 is 10.6 Å². The number of carbonyl (C=O) groups excluding carboxylic acids is 2. The second-order valence-electron chi connectivity index (χ2n) is 4.71. The van der Waals surface area contributed by atoms with Crippen LogP contribution in [0.3, 0.4) is 0 Å². The van der Waals surface area contributed by atoms with Crippen LogP contribution in [0.4, 0.5) is 16.2 Å². The van der Waals surface area contributed by atoms with Crippen LogP contribution in [0.15, 0.2) is 36.4 Å². The fourth-order valence-corrected chi connectivity index (χ4v) is 1.94. The van der Waals surface area contributed by atoms with Gasteiger partial charge < -0.3 is 30.7 Å². The SMILES string of the molecule is CCOC(=O)c1ccccc1NC(=O)Nc1cc(O)c(O)c(O)c1. The topological polar surface area (TPSA) is 128 Å². The monoisotopic (exact) mass is 332 g/mol. The van der Waals surface area contributed by atoms with E-state index in [1.165, 1.54) is 12.1 Å². The number of hydrogen-bond donors (Lipinski definition) is 5. The molecule has 0 fully saturated rings. The number of phenolic OH excluding ortho intramolecular Hbond substituents is 3. The Hall–Kier alpha value is -3.42. The number of hydrogen-bond acceptors (Lipinski definition) is 6. The molecule has 2 rings (SSSR count). The highest BCUT2D eigenvalue weighted by Gasteiger charge is 2.15. The second kappa shape index (κ2) is 7.23. The van der Waals surface area contributed by atoms with Crippen LogP contribution in [0.1, 0.15) is 17.3 Å². The lowest BCUT2D eigenvalue weighted by atomic mass is 10.2. The second-order valence-corrected chi connectivity index (χ2v) is 4.71. The maximum Gasteiger partial charge on any atom is 0.340 e. The van der Waals surface area contributed by atoms with Crippen LogP contribution in [0.25, 0.3) is 0 Å². The Bertz CT molecular complexity index is 752. The van der Waals surface area contributed by atoms with Gasteiger partial charge in [-0.25, -0.2) is 9.59 Å². The fourth-order valence-electron chi connectivity index (χ4n) is 1.94. The van der Waals surface area contributed by atoms with E-state index in [2.05, 4.69) is 10.6 Å². The van der Waals surface area contributed by atoms with Crippen LogP contribution in [0.5, 0.6) is 17.2 Å². The number of esters is 1. The minimum absolute atomic E-state index is 0.0499. The van der Waals surface area contributed by atoms with Gasteiger partial charge in [-0.1, -0.05) is 12.1 Å². The van der Waals surface area contributed by atoms with Crippen LogP contribution in [-0.2, 0) is 4.74 Å². The average Bonchev–Trinajstić information content (AvgIpc) is 2.53. The van der Waals surface area contributed by atoms with Gasteiger partial charge in [-0.3, -0.25) is 0 Å². The fraction of sp³-hybridized carbons (Fsp3) is 0.125. The van der Waals surface area contributed by atoms with Gasteiger partial charge in [0.2, 0.25) is 0 Å². The number of para-hydroxylation sites is 1. The van der Waals surface area contributed by atoms with Gasteiger partial charge in [-0.05, 0) is 19.1 Å². The van der Waals surface area contributed by atoms with Crippen molar-refractivity contribution in [3.63, 3.8) is 0 Å². The lowest BCUT2D eigenvalue weighted by molar-refractivity contribution is 0.0527. The summed E-state index contributed by atoms with van der Waals surface area (Å²) in [6.07, 6.45) is 0. The number of phenols is 3. The molecule has 0 aliphatic heterocycles. The van der Waals surface area contributed by atoms with Crippen molar-refractivity contribution < 1.29 is 29.6 Å². The Morgan fingerprint density at radius 3 is 2.29 bits per heavy atom. The van der Waals surface area contributed by atoms with Crippen LogP contribution in [0.2, 0.25) is 0 Å². The number of amides is 2. The Morgan fingerprint density at radius 2 is 1.67 bits per heavy atom. The third-order valence-electron chi connectivity index (χ3n) is 3.00. The molecular weight excluding hydrogens is 316 g/mol. The molecule has 0 aliphatic carbocycles. The molecule has 0 spiro atoms. The van der Waals surface area contributed by atoms with E-state index < -0.39 is 29.2 Å². The van der Waals surface area contributed by atoms with Crippen molar-refractivity contribution in [2.75, 3.05) is 17.2 Å². The molecular formula is C16H16N2O6. The van der Waals surface area contributed by atoms with Gasteiger partial charge >= 0.3 is 12.0 Å². The maximum absolute atomic E-state index is 12.0. The standard InChI is InChI=1S/C16H16N2O6/c1-2-24-15(22)10-5-3-4-6-11(10)18-16(23)17-9-7-12(19)14(21)13(20)8-9/h3-8,19-21H,2H2,1H3,(H2,17,18,23). The highest BCUT2D eigenvalue weighted by Crippen LogP contribution is 2.37. The predicted molar refractivity (Wildman–Crippen MR) is 86.5 cm³/mol. The zero-order chi connectivity index (χ0) is 17.7. The summed E-state index contributed by atoms with van der Waals surface area (Å²) >= 11 is 0. The normalized spacial score (nSPS) is 10.0. The molecule has 5 N–H and O–H groups in total. The summed E-state index contributed by atoms with van der Waals surface area (Å²) in [5, 5.41) is 32.9. The summed E-state index contributed by atoms with van der Waals surface area (Å²) in [6, 6.07) is 7.71. The number of benzene rings is 2. The summed E-state index contributed by atoms with van der Waals surface area (Å²) in [5.41, 5.74) is 0.473. The van der Waals surface area contributed by atoms with Crippen molar-refractivity contribution in [1.82, 2.24) is 0 Å².